The minimum atomic E-state index is -0.871. The highest BCUT2D eigenvalue weighted by atomic mass is 79.9. The van der Waals surface area contributed by atoms with E-state index >= 15 is 0 Å². The molecule has 2 aromatic rings. The summed E-state index contributed by atoms with van der Waals surface area (Å²) >= 11 is 3.42. The van der Waals surface area contributed by atoms with Crippen LogP contribution in [0.5, 0.6) is 0 Å². The molecule has 0 radical (unpaired) electrons. The minimum Gasteiger partial charge on any atom is -0.271 e. The predicted molar refractivity (Wildman–Crippen MR) is 79.1 cm³/mol. The van der Waals surface area contributed by atoms with Gasteiger partial charge in [0.1, 0.15) is 0 Å². The van der Waals surface area contributed by atoms with Gasteiger partial charge in [0.15, 0.2) is 11.6 Å². The van der Waals surface area contributed by atoms with Crippen molar-refractivity contribution in [3.8, 4) is 0 Å². The van der Waals surface area contributed by atoms with Gasteiger partial charge >= 0.3 is 0 Å². The summed E-state index contributed by atoms with van der Waals surface area (Å²) in [6.07, 6.45) is 0. The highest BCUT2D eigenvalue weighted by Crippen LogP contribution is 2.29. The topological polar surface area (TPSA) is 38.0 Å². The highest BCUT2D eigenvalue weighted by molar-refractivity contribution is 9.10. The Morgan fingerprint density at radius 3 is 2.30 bits per heavy atom. The third-order valence-electron chi connectivity index (χ3n) is 3.31. The van der Waals surface area contributed by atoms with Crippen LogP contribution in [0.4, 0.5) is 8.78 Å². The molecule has 106 valence electrons. The third kappa shape index (κ3) is 2.75. The summed E-state index contributed by atoms with van der Waals surface area (Å²) in [6.45, 7) is 3.47. The van der Waals surface area contributed by atoms with E-state index in [2.05, 4.69) is 21.4 Å². The van der Waals surface area contributed by atoms with Gasteiger partial charge in [-0.15, -0.1) is 0 Å². The SMILES string of the molecule is Cc1ccc(C(NN)c2ccc(C)c(F)c2F)cc1Br. The zero-order valence-corrected chi connectivity index (χ0v) is 12.8. The minimum absolute atomic E-state index is 0.186. The van der Waals surface area contributed by atoms with Gasteiger partial charge < -0.3 is 0 Å². The molecule has 5 heteroatoms. The Morgan fingerprint density at radius 2 is 1.70 bits per heavy atom. The van der Waals surface area contributed by atoms with E-state index in [0.717, 1.165) is 15.6 Å². The lowest BCUT2D eigenvalue weighted by Crippen LogP contribution is -2.29. The van der Waals surface area contributed by atoms with Gasteiger partial charge in [-0.2, -0.15) is 0 Å². The van der Waals surface area contributed by atoms with Crippen molar-refractivity contribution in [2.24, 2.45) is 5.84 Å². The summed E-state index contributed by atoms with van der Waals surface area (Å²) in [5, 5.41) is 0. The van der Waals surface area contributed by atoms with Crippen LogP contribution in [-0.2, 0) is 0 Å². The molecule has 0 aromatic heterocycles. The van der Waals surface area contributed by atoms with E-state index in [-0.39, 0.29) is 11.1 Å². The van der Waals surface area contributed by atoms with Crippen LogP contribution in [0.1, 0.15) is 28.3 Å². The summed E-state index contributed by atoms with van der Waals surface area (Å²) in [5.74, 6) is 3.82. The molecule has 0 aliphatic carbocycles. The van der Waals surface area contributed by atoms with E-state index in [1.54, 1.807) is 12.1 Å². The van der Waals surface area contributed by atoms with Gasteiger partial charge in [0.2, 0.25) is 0 Å². The molecule has 0 bridgehead atoms. The number of aryl methyl sites for hydroxylation is 2. The van der Waals surface area contributed by atoms with E-state index in [1.165, 1.54) is 6.92 Å². The van der Waals surface area contributed by atoms with Gasteiger partial charge in [-0.1, -0.05) is 40.2 Å². The van der Waals surface area contributed by atoms with Crippen LogP contribution >= 0.6 is 15.9 Å². The summed E-state index contributed by atoms with van der Waals surface area (Å²) in [7, 11) is 0. The zero-order chi connectivity index (χ0) is 14.9. The Balaban J connectivity index is 2.52. The van der Waals surface area contributed by atoms with Gasteiger partial charge in [-0.05, 0) is 36.6 Å². The lowest BCUT2D eigenvalue weighted by molar-refractivity contribution is 0.478. The molecule has 0 saturated carbocycles. The number of rotatable bonds is 3. The van der Waals surface area contributed by atoms with Crippen LogP contribution in [0.2, 0.25) is 0 Å². The number of nitrogens with one attached hydrogen (secondary N) is 1. The van der Waals surface area contributed by atoms with Gasteiger partial charge in [-0.25, -0.2) is 14.2 Å². The standard InChI is InChI=1S/C15H15BrF2N2/c1-8-3-5-10(7-12(8)16)15(20-19)11-6-4-9(2)13(17)14(11)18/h3-7,15,20H,19H2,1-2H3. The van der Waals surface area contributed by atoms with Gasteiger partial charge in [0.05, 0.1) is 6.04 Å². The second-order valence-corrected chi connectivity index (χ2v) is 5.56. The van der Waals surface area contributed by atoms with E-state index < -0.39 is 17.7 Å². The Kier molecular flexibility index (Phi) is 4.52. The number of hydrazine groups is 1. The normalized spacial score (nSPS) is 12.5. The lowest BCUT2D eigenvalue weighted by Gasteiger charge is -2.19. The van der Waals surface area contributed by atoms with E-state index in [9.17, 15) is 8.78 Å². The van der Waals surface area contributed by atoms with E-state index in [0.29, 0.717) is 0 Å². The predicted octanol–water partition coefficient (Wildman–Crippen LogP) is 3.90. The fraction of sp³-hybridized carbons (Fsp3) is 0.200. The average Bonchev–Trinajstić information content (AvgIpc) is 2.43. The number of hydrogen-bond donors (Lipinski definition) is 2. The van der Waals surface area contributed by atoms with Crippen LogP contribution < -0.4 is 11.3 Å². The summed E-state index contributed by atoms with van der Waals surface area (Å²) in [4.78, 5) is 0. The molecule has 2 nitrogen and oxygen atoms in total. The molecule has 2 rings (SSSR count). The summed E-state index contributed by atoms with van der Waals surface area (Å²) in [6, 6.07) is 8.06. The second kappa shape index (κ2) is 5.99. The average molecular weight is 341 g/mol. The number of halogens is 3. The van der Waals surface area contributed by atoms with Crippen molar-refractivity contribution in [2.75, 3.05) is 0 Å². The first-order chi connectivity index (χ1) is 9.45. The highest BCUT2D eigenvalue weighted by Gasteiger charge is 2.20. The van der Waals surface area contributed by atoms with Crippen molar-refractivity contribution in [1.29, 1.82) is 0 Å². The smallest absolute Gasteiger partial charge is 0.164 e. The quantitative estimate of drug-likeness (QED) is 0.656. The van der Waals surface area contributed by atoms with Crippen LogP contribution in [0, 0.1) is 25.5 Å². The molecule has 0 amide bonds. The molecule has 1 atom stereocenters. The molecule has 0 heterocycles. The molecule has 0 fully saturated rings. The van der Waals surface area contributed by atoms with Gasteiger partial charge in [-0.3, -0.25) is 5.84 Å². The number of hydrogen-bond acceptors (Lipinski definition) is 2. The van der Waals surface area contributed by atoms with Crippen molar-refractivity contribution in [2.45, 2.75) is 19.9 Å². The van der Waals surface area contributed by atoms with Crippen LogP contribution in [0.15, 0.2) is 34.8 Å². The Bertz CT molecular complexity index is 644. The molecule has 0 spiro atoms. The molecule has 0 aliphatic rings. The largest absolute Gasteiger partial charge is 0.271 e. The van der Waals surface area contributed by atoms with E-state index in [1.807, 2.05) is 25.1 Å². The second-order valence-electron chi connectivity index (χ2n) is 4.71. The first-order valence-electron chi connectivity index (χ1n) is 6.12. The van der Waals surface area contributed by atoms with Crippen LogP contribution in [0.3, 0.4) is 0 Å². The molecule has 20 heavy (non-hydrogen) atoms. The van der Waals surface area contributed by atoms with Crippen molar-refractivity contribution < 1.29 is 8.78 Å². The van der Waals surface area contributed by atoms with Gasteiger partial charge in [0, 0.05) is 10.0 Å². The maximum Gasteiger partial charge on any atom is 0.164 e. The van der Waals surface area contributed by atoms with Crippen molar-refractivity contribution >= 4 is 15.9 Å². The van der Waals surface area contributed by atoms with E-state index in [4.69, 9.17) is 5.84 Å². The van der Waals surface area contributed by atoms with Gasteiger partial charge in [0.25, 0.3) is 0 Å². The molecular weight excluding hydrogens is 326 g/mol. The van der Waals surface area contributed by atoms with Crippen molar-refractivity contribution in [3.63, 3.8) is 0 Å². The lowest BCUT2D eigenvalue weighted by atomic mass is 9.97. The zero-order valence-electron chi connectivity index (χ0n) is 11.2. The molecule has 2 aromatic carbocycles. The number of benzene rings is 2. The maximum atomic E-state index is 14.1. The summed E-state index contributed by atoms with van der Waals surface area (Å²) < 4.78 is 28.7. The van der Waals surface area contributed by atoms with Crippen molar-refractivity contribution in [3.05, 3.63) is 68.7 Å². The molecular formula is C15H15BrF2N2. The third-order valence-corrected chi connectivity index (χ3v) is 4.17. The molecule has 1 unspecified atom stereocenters. The maximum absolute atomic E-state index is 14.1. The molecule has 3 N–H and O–H groups in total. The Hall–Kier alpha value is -1.30. The number of nitrogens with two attached hydrogens (primary N) is 1. The first kappa shape index (κ1) is 15.1. The Labute approximate surface area is 125 Å². The Morgan fingerprint density at radius 1 is 1.05 bits per heavy atom. The van der Waals surface area contributed by atoms with Crippen LogP contribution in [-0.4, -0.2) is 0 Å². The molecule has 0 saturated heterocycles. The fourth-order valence-electron chi connectivity index (χ4n) is 2.04. The molecule has 0 aliphatic heterocycles. The van der Waals surface area contributed by atoms with Crippen LogP contribution in [0.25, 0.3) is 0 Å². The monoisotopic (exact) mass is 340 g/mol. The fourth-order valence-corrected chi connectivity index (χ4v) is 2.43. The van der Waals surface area contributed by atoms with Crippen molar-refractivity contribution in [1.82, 2.24) is 5.43 Å². The first-order valence-corrected chi connectivity index (χ1v) is 6.91. The summed E-state index contributed by atoms with van der Waals surface area (Å²) in [5.41, 5.74) is 4.81.